The smallest absolute Gasteiger partial charge is 0.221 e. The second kappa shape index (κ2) is 2.68. The Balaban J connectivity index is 2.65. The van der Waals surface area contributed by atoms with Crippen LogP contribution in [-0.4, -0.2) is 20.8 Å². The third-order valence-electron chi connectivity index (χ3n) is 1.13. The van der Waals surface area contributed by atoms with Crippen LogP contribution in [0.2, 0.25) is 0 Å². The first-order valence-electron chi connectivity index (χ1n) is 3.30. The molecule has 0 saturated carbocycles. The quantitative estimate of drug-likeness (QED) is 0.655. The highest BCUT2D eigenvalue weighted by molar-refractivity contribution is 5.23. The van der Waals surface area contributed by atoms with Gasteiger partial charge < -0.3 is 5.32 Å². The molecule has 0 unspecified atom stereocenters. The average Bonchev–Trinajstić information content (AvgIpc) is 2.15. The Bertz CT molecular complexity index is 203. The topological polar surface area (TPSA) is 42.7 Å². The molecule has 0 fully saturated rings. The van der Waals surface area contributed by atoms with Gasteiger partial charge in [-0.2, -0.15) is 10.1 Å². The maximum absolute atomic E-state index is 4.00. The van der Waals surface area contributed by atoms with Crippen LogP contribution in [0.5, 0.6) is 0 Å². The van der Waals surface area contributed by atoms with Crippen LogP contribution < -0.4 is 5.32 Å². The molecular weight excluding hydrogens is 128 g/mol. The Hall–Kier alpha value is -1.06. The zero-order valence-electron chi connectivity index (χ0n) is 6.50. The number of aryl methyl sites for hydroxylation is 1. The van der Waals surface area contributed by atoms with Crippen LogP contribution in [0.15, 0.2) is 6.33 Å². The number of hydrogen-bond acceptors (Lipinski definition) is 3. The van der Waals surface area contributed by atoms with Crippen LogP contribution in [0.4, 0.5) is 5.95 Å². The monoisotopic (exact) mass is 140 g/mol. The first-order chi connectivity index (χ1) is 4.70. The van der Waals surface area contributed by atoms with Crippen molar-refractivity contribution >= 4 is 5.95 Å². The Morgan fingerprint density at radius 3 is 2.70 bits per heavy atom. The van der Waals surface area contributed by atoms with Gasteiger partial charge in [0.1, 0.15) is 6.33 Å². The van der Waals surface area contributed by atoms with Crippen LogP contribution in [0.3, 0.4) is 0 Å². The highest BCUT2D eigenvalue weighted by Gasteiger charge is 1.99. The molecule has 4 nitrogen and oxygen atoms in total. The minimum Gasteiger partial charge on any atom is -0.352 e. The summed E-state index contributed by atoms with van der Waals surface area (Å²) >= 11 is 0. The molecule has 0 saturated heterocycles. The number of nitrogens with one attached hydrogen (secondary N) is 1. The van der Waals surface area contributed by atoms with Gasteiger partial charge in [0.05, 0.1) is 0 Å². The van der Waals surface area contributed by atoms with Crippen LogP contribution in [0, 0.1) is 0 Å². The van der Waals surface area contributed by atoms with Crippen molar-refractivity contribution in [3.63, 3.8) is 0 Å². The lowest BCUT2D eigenvalue weighted by atomic mass is 10.4. The zero-order valence-corrected chi connectivity index (χ0v) is 6.50. The molecule has 0 aliphatic rings. The van der Waals surface area contributed by atoms with E-state index < -0.39 is 0 Å². The molecule has 0 amide bonds. The van der Waals surface area contributed by atoms with Crippen molar-refractivity contribution in [1.29, 1.82) is 0 Å². The molecule has 56 valence electrons. The van der Waals surface area contributed by atoms with E-state index in [0.717, 1.165) is 5.95 Å². The molecule has 0 spiro atoms. The van der Waals surface area contributed by atoms with Gasteiger partial charge in [-0.25, -0.2) is 4.68 Å². The van der Waals surface area contributed by atoms with E-state index in [1.807, 2.05) is 7.05 Å². The van der Waals surface area contributed by atoms with E-state index in [1.54, 1.807) is 4.68 Å². The van der Waals surface area contributed by atoms with Crippen LogP contribution >= 0.6 is 0 Å². The van der Waals surface area contributed by atoms with Gasteiger partial charge in [0.25, 0.3) is 0 Å². The minimum absolute atomic E-state index is 0.405. The number of aromatic nitrogens is 3. The first-order valence-corrected chi connectivity index (χ1v) is 3.30. The number of rotatable bonds is 2. The first kappa shape index (κ1) is 7.05. The molecule has 0 bridgehead atoms. The third kappa shape index (κ3) is 1.46. The fourth-order valence-corrected chi connectivity index (χ4v) is 0.685. The van der Waals surface area contributed by atoms with Crippen molar-refractivity contribution < 1.29 is 0 Å². The molecule has 0 aliphatic carbocycles. The average molecular weight is 140 g/mol. The van der Waals surface area contributed by atoms with Crippen molar-refractivity contribution in [3.8, 4) is 0 Å². The summed E-state index contributed by atoms with van der Waals surface area (Å²) in [4.78, 5) is 4.00. The van der Waals surface area contributed by atoms with Gasteiger partial charge in [-0.15, -0.1) is 0 Å². The van der Waals surface area contributed by atoms with Gasteiger partial charge in [0.15, 0.2) is 0 Å². The molecule has 1 N–H and O–H groups in total. The molecule has 0 aromatic carbocycles. The summed E-state index contributed by atoms with van der Waals surface area (Å²) < 4.78 is 1.71. The summed E-state index contributed by atoms with van der Waals surface area (Å²) in [5.41, 5.74) is 0. The number of hydrogen-bond donors (Lipinski definition) is 1. The van der Waals surface area contributed by atoms with Gasteiger partial charge in [-0.05, 0) is 13.8 Å². The van der Waals surface area contributed by atoms with Gasteiger partial charge in [0, 0.05) is 13.1 Å². The highest BCUT2D eigenvalue weighted by atomic mass is 15.4. The maximum atomic E-state index is 4.00. The largest absolute Gasteiger partial charge is 0.352 e. The van der Waals surface area contributed by atoms with E-state index >= 15 is 0 Å². The molecular formula is C6H12N4. The van der Waals surface area contributed by atoms with Gasteiger partial charge in [-0.1, -0.05) is 0 Å². The predicted octanol–water partition coefficient (Wildman–Crippen LogP) is 0.635. The van der Waals surface area contributed by atoms with E-state index in [9.17, 15) is 0 Å². The number of nitrogens with zero attached hydrogens (tertiary/aromatic N) is 3. The normalized spacial score (nSPS) is 10.4. The van der Waals surface area contributed by atoms with Crippen LogP contribution in [0.25, 0.3) is 0 Å². The Morgan fingerprint density at radius 1 is 1.60 bits per heavy atom. The molecule has 1 aromatic rings. The Morgan fingerprint density at radius 2 is 2.30 bits per heavy atom. The fraction of sp³-hybridized carbons (Fsp3) is 0.667. The summed E-state index contributed by atoms with van der Waals surface area (Å²) in [6.45, 7) is 4.13. The summed E-state index contributed by atoms with van der Waals surface area (Å²) in [7, 11) is 1.86. The van der Waals surface area contributed by atoms with Crippen molar-refractivity contribution in [2.45, 2.75) is 19.9 Å². The van der Waals surface area contributed by atoms with E-state index in [0.29, 0.717) is 6.04 Å². The lowest BCUT2D eigenvalue weighted by Gasteiger charge is -2.06. The van der Waals surface area contributed by atoms with Crippen molar-refractivity contribution in [3.05, 3.63) is 6.33 Å². The molecule has 10 heavy (non-hydrogen) atoms. The molecule has 0 radical (unpaired) electrons. The SMILES string of the molecule is CC(C)Nc1ncnn1C. The third-order valence-corrected chi connectivity index (χ3v) is 1.13. The van der Waals surface area contributed by atoms with Crippen molar-refractivity contribution in [1.82, 2.24) is 14.8 Å². The second-order valence-electron chi connectivity index (χ2n) is 2.51. The highest BCUT2D eigenvalue weighted by Crippen LogP contribution is 1.98. The van der Waals surface area contributed by atoms with Crippen LogP contribution in [-0.2, 0) is 7.05 Å². The van der Waals surface area contributed by atoms with Gasteiger partial charge in [0.2, 0.25) is 5.95 Å². The minimum atomic E-state index is 0.405. The summed E-state index contributed by atoms with van der Waals surface area (Å²) in [6.07, 6.45) is 1.53. The molecule has 1 heterocycles. The zero-order chi connectivity index (χ0) is 7.56. The second-order valence-corrected chi connectivity index (χ2v) is 2.51. The Kier molecular flexibility index (Phi) is 1.89. The lowest BCUT2D eigenvalue weighted by Crippen LogP contribution is -2.13. The molecule has 0 atom stereocenters. The molecule has 1 rings (SSSR count). The number of anilines is 1. The molecule has 4 heteroatoms. The van der Waals surface area contributed by atoms with E-state index in [4.69, 9.17) is 0 Å². The lowest BCUT2D eigenvalue weighted by molar-refractivity contribution is 0.750. The summed E-state index contributed by atoms with van der Waals surface area (Å²) in [6, 6.07) is 0.405. The molecule has 0 aliphatic heterocycles. The van der Waals surface area contributed by atoms with Crippen LogP contribution in [0.1, 0.15) is 13.8 Å². The summed E-state index contributed by atoms with van der Waals surface area (Å²) in [5.74, 6) is 0.815. The predicted molar refractivity (Wildman–Crippen MR) is 39.8 cm³/mol. The van der Waals surface area contributed by atoms with E-state index in [1.165, 1.54) is 6.33 Å². The van der Waals surface area contributed by atoms with E-state index in [2.05, 4.69) is 29.2 Å². The van der Waals surface area contributed by atoms with Crippen molar-refractivity contribution in [2.75, 3.05) is 5.32 Å². The Labute approximate surface area is 60.3 Å². The fourth-order valence-electron chi connectivity index (χ4n) is 0.685. The van der Waals surface area contributed by atoms with Gasteiger partial charge in [-0.3, -0.25) is 0 Å². The van der Waals surface area contributed by atoms with E-state index in [-0.39, 0.29) is 0 Å². The van der Waals surface area contributed by atoms with Crippen molar-refractivity contribution in [2.24, 2.45) is 7.05 Å². The standard InChI is InChI=1S/C6H12N4/c1-5(2)9-6-7-4-8-10(6)3/h4-5H,1-3H3,(H,7,8,9). The maximum Gasteiger partial charge on any atom is 0.221 e. The molecule has 1 aromatic heterocycles. The summed E-state index contributed by atoms with van der Waals surface area (Å²) in [5, 5.41) is 7.06. The van der Waals surface area contributed by atoms with Gasteiger partial charge >= 0.3 is 0 Å².